The van der Waals surface area contributed by atoms with E-state index in [0.717, 1.165) is 17.3 Å². The topological polar surface area (TPSA) is 181 Å². The molecule has 0 saturated heterocycles. The fraction of sp³-hybridized carbons (Fsp3) is 0.395. The van der Waals surface area contributed by atoms with Crippen molar-refractivity contribution in [3.8, 4) is 22.2 Å². The van der Waals surface area contributed by atoms with Gasteiger partial charge in [-0.3, -0.25) is 9.36 Å². The molecule has 15 nitrogen and oxygen atoms in total. The number of amides is 3. The molecule has 0 spiro atoms. The van der Waals surface area contributed by atoms with Gasteiger partial charge in [-0.05, 0) is 78.3 Å². The Labute approximate surface area is 327 Å². The lowest BCUT2D eigenvalue weighted by Gasteiger charge is -2.27. The van der Waals surface area contributed by atoms with Crippen LogP contribution in [0, 0.1) is 12.7 Å². The molecular formula is C38H44FN6O9PS. The first-order chi connectivity index (χ1) is 26.1. The summed E-state index contributed by atoms with van der Waals surface area (Å²) >= 11 is 1.32. The summed E-state index contributed by atoms with van der Waals surface area (Å²) in [7, 11) is -1.31. The molecule has 5 aromatic rings. The number of hydrogen-bond donors (Lipinski definition) is 1. The van der Waals surface area contributed by atoms with Gasteiger partial charge >= 0.3 is 12.2 Å². The smallest absolute Gasteiger partial charge is 0.424 e. The van der Waals surface area contributed by atoms with Gasteiger partial charge in [0.25, 0.3) is 5.91 Å². The molecule has 2 aromatic carbocycles. The SMILES string of the molecule is COc1cnc2c(-c3nc4cc(F)c(OC[C@@H](C)OC(=O)N(C(=O)OC(C)(C)C)c5ccc(C(=O)NCC(C)(C)OP(C)(C)=O)nc5)cc4s3)cc(C)cc2n1. The number of nitrogens with zero attached hydrogens (tertiary/aromatic N) is 5. The van der Waals surface area contributed by atoms with Gasteiger partial charge in [-0.1, -0.05) is 0 Å². The molecule has 0 unspecified atom stereocenters. The number of nitrogens with one attached hydrogen (secondary N) is 1. The molecule has 1 atom stereocenters. The van der Waals surface area contributed by atoms with Gasteiger partial charge < -0.3 is 28.8 Å². The van der Waals surface area contributed by atoms with Crippen LogP contribution in [0.3, 0.4) is 0 Å². The minimum absolute atomic E-state index is 0.0198. The van der Waals surface area contributed by atoms with Crippen LogP contribution in [0.4, 0.5) is 19.7 Å². The first-order valence-electron chi connectivity index (χ1n) is 17.4. The summed E-state index contributed by atoms with van der Waals surface area (Å²) in [5.74, 6) is -0.955. The second kappa shape index (κ2) is 16.5. The molecule has 56 heavy (non-hydrogen) atoms. The highest BCUT2D eigenvalue weighted by Crippen LogP contribution is 2.42. The highest BCUT2D eigenvalue weighted by atomic mass is 32.1. The third-order valence-corrected chi connectivity index (χ3v) is 9.55. The van der Waals surface area contributed by atoms with Crippen LogP contribution in [-0.4, -0.2) is 88.9 Å². The molecular weight excluding hydrogens is 766 g/mol. The van der Waals surface area contributed by atoms with Gasteiger partial charge in [0.2, 0.25) is 5.88 Å². The molecule has 298 valence electrons. The third kappa shape index (κ3) is 10.7. The van der Waals surface area contributed by atoms with Gasteiger partial charge in [0.05, 0.1) is 52.0 Å². The molecule has 0 saturated carbocycles. The molecule has 5 rings (SSSR count). The number of rotatable bonds is 12. The van der Waals surface area contributed by atoms with E-state index in [1.807, 2.05) is 19.1 Å². The zero-order valence-corrected chi connectivity index (χ0v) is 34.5. The van der Waals surface area contributed by atoms with Crippen molar-refractivity contribution in [1.82, 2.24) is 25.3 Å². The second-order valence-electron chi connectivity index (χ2n) is 14.9. The first-order valence-corrected chi connectivity index (χ1v) is 20.7. The number of aromatic nitrogens is 4. The Morgan fingerprint density at radius 2 is 1.71 bits per heavy atom. The van der Waals surface area contributed by atoms with Crippen molar-refractivity contribution in [1.29, 1.82) is 0 Å². The molecule has 0 bridgehead atoms. The van der Waals surface area contributed by atoms with Crippen molar-refractivity contribution < 1.29 is 46.8 Å². The van der Waals surface area contributed by atoms with Crippen LogP contribution in [0.15, 0.2) is 48.8 Å². The van der Waals surface area contributed by atoms with Crippen LogP contribution in [-0.2, 0) is 18.6 Å². The van der Waals surface area contributed by atoms with Crippen LogP contribution in [0.5, 0.6) is 11.6 Å². The van der Waals surface area contributed by atoms with Crippen molar-refractivity contribution in [2.75, 3.05) is 38.5 Å². The van der Waals surface area contributed by atoms with Crippen LogP contribution in [0.1, 0.15) is 57.6 Å². The van der Waals surface area contributed by atoms with Crippen molar-refractivity contribution in [3.63, 3.8) is 0 Å². The number of imide groups is 1. The average Bonchev–Trinajstić information content (AvgIpc) is 3.50. The summed E-state index contributed by atoms with van der Waals surface area (Å²) < 4.78 is 55.6. The molecule has 3 heterocycles. The molecule has 0 aliphatic carbocycles. The fourth-order valence-corrected chi connectivity index (χ4v) is 7.64. The summed E-state index contributed by atoms with van der Waals surface area (Å²) in [5.41, 5.74) is 1.38. The Morgan fingerprint density at radius 1 is 0.982 bits per heavy atom. The number of hydrogen-bond acceptors (Lipinski definition) is 14. The molecule has 18 heteroatoms. The van der Waals surface area contributed by atoms with E-state index in [2.05, 4.69) is 25.3 Å². The van der Waals surface area contributed by atoms with Gasteiger partial charge in [-0.2, -0.15) is 4.90 Å². The summed E-state index contributed by atoms with van der Waals surface area (Å²) in [6, 6.07) is 9.25. The lowest BCUT2D eigenvalue weighted by Crippen LogP contribution is -2.43. The van der Waals surface area contributed by atoms with Crippen LogP contribution in [0.2, 0.25) is 0 Å². The van der Waals surface area contributed by atoms with E-state index in [4.69, 9.17) is 23.5 Å². The van der Waals surface area contributed by atoms with E-state index in [0.29, 0.717) is 37.0 Å². The minimum atomic E-state index is -2.82. The monoisotopic (exact) mass is 810 g/mol. The summed E-state index contributed by atoms with van der Waals surface area (Å²) in [5, 5.41) is 3.29. The highest BCUT2D eigenvalue weighted by molar-refractivity contribution is 7.57. The average molecular weight is 811 g/mol. The van der Waals surface area contributed by atoms with E-state index in [-0.39, 0.29) is 30.3 Å². The Balaban J connectivity index is 1.28. The number of carbonyl (C=O) groups is 3. The number of pyridine rings is 1. The van der Waals surface area contributed by atoms with Gasteiger partial charge in [0, 0.05) is 37.6 Å². The predicted octanol–water partition coefficient (Wildman–Crippen LogP) is 8.17. The standard InChI is InChI=1S/C38H44FN6O9PS/c1-21-13-24(32-28(14-21)43-31(50-8)18-41-32)34-44-27-15-25(39)29(16-30(27)56-34)51-19-22(2)52-35(47)45(36(48)53-37(3,4)5)23-11-12-26(40-17-23)33(46)42-20-38(6,7)54-55(9,10)49/h11-18,22H,19-20H2,1-10H3,(H,42,46)/t22-/m1/s1. The van der Waals surface area contributed by atoms with Gasteiger partial charge in [-0.15, -0.1) is 11.3 Å². The first kappa shape index (κ1) is 41.9. The Morgan fingerprint density at radius 3 is 2.36 bits per heavy atom. The molecule has 3 amide bonds. The van der Waals surface area contributed by atoms with Crippen molar-refractivity contribution >= 4 is 63.7 Å². The normalized spacial score (nSPS) is 12.6. The Bertz CT molecular complexity index is 2330. The molecule has 3 aromatic heterocycles. The van der Waals surface area contributed by atoms with E-state index in [9.17, 15) is 18.9 Å². The number of thiazole rings is 1. The number of anilines is 1. The maximum Gasteiger partial charge on any atom is 0.424 e. The van der Waals surface area contributed by atoms with E-state index in [1.54, 1.807) is 34.6 Å². The van der Waals surface area contributed by atoms with Gasteiger partial charge in [-0.25, -0.2) is 33.9 Å². The fourth-order valence-electron chi connectivity index (χ4n) is 5.39. The Hall–Kier alpha value is -5.25. The zero-order chi connectivity index (χ0) is 41.2. The summed E-state index contributed by atoms with van der Waals surface area (Å²) in [4.78, 5) is 58.0. The third-order valence-electron chi connectivity index (χ3n) is 7.57. The van der Waals surface area contributed by atoms with Gasteiger partial charge in [0.15, 0.2) is 18.9 Å². The summed E-state index contributed by atoms with van der Waals surface area (Å²) in [6.07, 6.45) is -0.479. The second-order valence-corrected chi connectivity index (χ2v) is 18.6. The molecule has 1 N–H and O–H groups in total. The Kier molecular flexibility index (Phi) is 12.3. The van der Waals surface area contributed by atoms with E-state index in [1.165, 1.54) is 69.2 Å². The van der Waals surface area contributed by atoms with Crippen molar-refractivity contribution in [3.05, 3.63) is 65.9 Å². The minimum Gasteiger partial charge on any atom is -0.487 e. The number of aryl methyl sites for hydroxylation is 1. The van der Waals surface area contributed by atoms with E-state index >= 15 is 4.39 Å². The zero-order valence-electron chi connectivity index (χ0n) is 32.8. The van der Waals surface area contributed by atoms with Crippen LogP contribution >= 0.6 is 18.7 Å². The van der Waals surface area contributed by atoms with Gasteiger partial charge in [0.1, 0.15) is 29.0 Å². The molecule has 0 fully saturated rings. The largest absolute Gasteiger partial charge is 0.487 e. The summed E-state index contributed by atoms with van der Waals surface area (Å²) in [6.45, 7) is 14.4. The maximum absolute atomic E-state index is 15.3. The molecule has 0 radical (unpaired) electrons. The van der Waals surface area contributed by atoms with Crippen LogP contribution < -0.4 is 19.7 Å². The number of ether oxygens (including phenoxy) is 4. The van der Waals surface area contributed by atoms with Crippen molar-refractivity contribution in [2.45, 2.75) is 65.8 Å². The number of methoxy groups -OCH3 is 1. The number of benzene rings is 2. The lowest BCUT2D eigenvalue weighted by atomic mass is 10.1. The van der Waals surface area contributed by atoms with Crippen molar-refractivity contribution in [2.24, 2.45) is 0 Å². The lowest BCUT2D eigenvalue weighted by molar-refractivity contribution is 0.0510. The number of fused-ring (bicyclic) bond motifs is 2. The molecule has 0 aliphatic rings. The van der Waals surface area contributed by atoms with E-state index < -0.39 is 48.6 Å². The highest BCUT2D eigenvalue weighted by Gasteiger charge is 2.32. The predicted molar refractivity (Wildman–Crippen MR) is 211 cm³/mol. The maximum atomic E-state index is 15.3. The molecule has 0 aliphatic heterocycles. The van der Waals surface area contributed by atoms with Crippen LogP contribution in [0.25, 0.3) is 31.8 Å². The number of carbonyl (C=O) groups excluding carboxylic acids is 3. The quantitative estimate of drug-likeness (QED) is 0.119. The number of halogens is 1.